The Balaban J connectivity index is 2.13. The number of hydrogen-bond acceptors (Lipinski definition) is 3. The number of hydrogen-bond donors (Lipinski definition) is 2. The van der Waals surface area contributed by atoms with Crippen LogP contribution in [0.25, 0.3) is 0 Å². The van der Waals surface area contributed by atoms with Crippen molar-refractivity contribution in [2.75, 3.05) is 18.5 Å². The van der Waals surface area contributed by atoms with Crippen molar-refractivity contribution in [2.24, 2.45) is 0 Å². The fraction of sp³-hybridized carbons (Fsp3) is 0.400. The number of aliphatic hydroxyl groups excluding tert-OH is 1. The van der Waals surface area contributed by atoms with Crippen molar-refractivity contribution < 1.29 is 18.6 Å². The summed E-state index contributed by atoms with van der Waals surface area (Å²) in [4.78, 5) is 0. The molecule has 5 heteroatoms. The number of benzene rings is 1. The summed E-state index contributed by atoms with van der Waals surface area (Å²) in [6.07, 6.45) is -0.687. The maximum absolute atomic E-state index is 13.2. The predicted molar refractivity (Wildman–Crippen MR) is 50.6 cm³/mol. The molecule has 82 valence electrons. The minimum atomic E-state index is -0.934. The van der Waals surface area contributed by atoms with E-state index in [9.17, 15) is 13.9 Å². The van der Waals surface area contributed by atoms with E-state index in [-0.39, 0.29) is 24.9 Å². The van der Waals surface area contributed by atoms with Crippen LogP contribution < -0.4 is 5.32 Å². The summed E-state index contributed by atoms with van der Waals surface area (Å²) in [5.74, 6) is -1.84. The van der Waals surface area contributed by atoms with Crippen LogP contribution in [0.15, 0.2) is 18.2 Å². The highest BCUT2D eigenvalue weighted by Crippen LogP contribution is 2.19. The third-order valence-corrected chi connectivity index (χ3v) is 2.34. The molecule has 15 heavy (non-hydrogen) atoms. The fourth-order valence-corrected chi connectivity index (χ4v) is 1.50. The minimum absolute atomic E-state index is 0.0459. The first-order valence-corrected chi connectivity index (χ1v) is 4.65. The van der Waals surface area contributed by atoms with Crippen molar-refractivity contribution in [3.8, 4) is 0 Å². The second kappa shape index (κ2) is 4.12. The van der Waals surface area contributed by atoms with Crippen LogP contribution in [0.1, 0.15) is 0 Å². The smallest absolute Gasteiger partial charge is 0.181 e. The quantitative estimate of drug-likeness (QED) is 0.777. The molecule has 1 fully saturated rings. The molecule has 0 radical (unpaired) electrons. The largest absolute Gasteiger partial charge is 0.388 e. The molecule has 2 atom stereocenters. The first-order valence-electron chi connectivity index (χ1n) is 4.65. The van der Waals surface area contributed by atoms with Gasteiger partial charge in [-0.15, -0.1) is 0 Å². The zero-order chi connectivity index (χ0) is 10.8. The van der Waals surface area contributed by atoms with E-state index < -0.39 is 17.7 Å². The Kier molecular flexibility index (Phi) is 2.83. The topological polar surface area (TPSA) is 41.5 Å². The van der Waals surface area contributed by atoms with Crippen molar-refractivity contribution in [3.63, 3.8) is 0 Å². The van der Waals surface area contributed by atoms with Crippen molar-refractivity contribution in [3.05, 3.63) is 29.8 Å². The molecule has 1 aliphatic heterocycles. The van der Waals surface area contributed by atoms with Gasteiger partial charge in [0.25, 0.3) is 0 Å². The summed E-state index contributed by atoms with van der Waals surface area (Å²) in [5, 5.41) is 12.1. The number of rotatable bonds is 2. The van der Waals surface area contributed by atoms with Crippen molar-refractivity contribution in [1.29, 1.82) is 0 Å². The highest BCUT2D eigenvalue weighted by molar-refractivity contribution is 5.46. The molecule has 2 unspecified atom stereocenters. The van der Waals surface area contributed by atoms with Crippen LogP contribution in [-0.2, 0) is 4.74 Å². The molecular formula is C10H11F2NO2. The molecule has 0 aromatic heterocycles. The molecule has 0 saturated carbocycles. The highest BCUT2D eigenvalue weighted by Gasteiger charge is 2.26. The van der Waals surface area contributed by atoms with Crippen LogP contribution in [-0.4, -0.2) is 30.5 Å². The molecule has 1 aromatic carbocycles. The average molecular weight is 215 g/mol. The molecule has 0 aliphatic carbocycles. The second-order valence-electron chi connectivity index (χ2n) is 3.46. The first kappa shape index (κ1) is 10.3. The van der Waals surface area contributed by atoms with E-state index in [1.54, 1.807) is 0 Å². The maximum Gasteiger partial charge on any atom is 0.181 e. The highest BCUT2D eigenvalue weighted by atomic mass is 19.2. The number of anilines is 1. The zero-order valence-electron chi connectivity index (χ0n) is 7.91. The Morgan fingerprint density at radius 2 is 2.13 bits per heavy atom. The molecule has 0 spiro atoms. The summed E-state index contributed by atoms with van der Waals surface area (Å²) in [5.41, 5.74) is 0.0459. The minimum Gasteiger partial charge on any atom is -0.388 e. The molecule has 1 aliphatic rings. The van der Waals surface area contributed by atoms with Gasteiger partial charge in [-0.2, -0.15) is 0 Å². The Hall–Kier alpha value is -1.20. The lowest BCUT2D eigenvalue weighted by Gasteiger charge is -2.16. The molecule has 3 nitrogen and oxygen atoms in total. The molecule has 2 rings (SSSR count). The Morgan fingerprint density at radius 1 is 1.33 bits per heavy atom. The number of halogens is 2. The van der Waals surface area contributed by atoms with Crippen LogP contribution in [0.3, 0.4) is 0 Å². The number of nitrogens with one attached hydrogen (secondary N) is 1. The van der Waals surface area contributed by atoms with Gasteiger partial charge >= 0.3 is 0 Å². The summed E-state index contributed by atoms with van der Waals surface area (Å²) in [6.45, 7) is 0.506. The molecule has 0 amide bonds. The van der Waals surface area contributed by atoms with E-state index in [0.717, 1.165) is 6.07 Å². The zero-order valence-corrected chi connectivity index (χ0v) is 7.91. The molecule has 1 saturated heterocycles. The average Bonchev–Trinajstić information content (AvgIpc) is 2.60. The molecule has 1 aromatic rings. The first-order chi connectivity index (χ1) is 7.18. The van der Waals surface area contributed by atoms with Gasteiger partial charge in [0.15, 0.2) is 11.6 Å². The van der Waals surface area contributed by atoms with Crippen LogP contribution in [0, 0.1) is 11.6 Å². The van der Waals surface area contributed by atoms with E-state index in [4.69, 9.17) is 4.74 Å². The van der Waals surface area contributed by atoms with Crippen molar-refractivity contribution >= 4 is 5.69 Å². The van der Waals surface area contributed by atoms with E-state index >= 15 is 0 Å². The van der Waals surface area contributed by atoms with Crippen LogP contribution in [0.4, 0.5) is 14.5 Å². The Morgan fingerprint density at radius 3 is 2.80 bits per heavy atom. The van der Waals surface area contributed by atoms with Gasteiger partial charge in [-0.3, -0.25) is 0 Å². The molecule has 0 bridgehead atoms. The third kappa shape index (κ3) is 2.08. The van der Waals surface area contributed by atoms with Gasteiger partial charge in [0.2, 0.25) is 0 Å². The van der Waals surface area contributed by atoms with Crippen molar-refractivity contribution in [1.82, 2.24) is 0 Å². The SMILES string of the molecule is OC1COCC1Nc1cccc(F)c1F. The number of ether oxygens (including phenoxy) is 1. The van der Waals surface area contributed by atoms with Gasteiger partial charge < -0.3 is 15.2 Å². The summed E-state index contributed by atoms with van der Waals surface area (Å²) >= 11 is 0. The Bertz CT molecular complexity index is 359. The standard InChI is InChI=1S/C10H11F2NO2/c11-6-2-1-3-7(10(6)12)13-8-4-15-5-9(8)14/h1-3,8-9,13-14H,4-5H2. The summed E-state index contributed by atoms with van der Waals surface area (Å²) in [7, 11) is 0. The van der Waals surface area contributed by atoms with Crippen LogP contribution in [0.2, 0.25) is 0 Å². The second-order valence-corrected chi connectivity index (χ2v) is 3.46. The molecule has 1 heterocycles. The monoisotopic (exact) mass is 215 g/mol. The van der Waals surface area contributed by atoms with Gasteiger partial charge in [-0.25, -0.2) is 8.78 Å². The van der Waals surface area contributed by atoms with Gasteiger partial charge in [-0.05, 0) is 12.1 Å². The summed E-state index contributed by atoms with van der Waals surface area (Å²) < 4.78 is 31.0. The third-order valence-electron chi connectivity index (χ3n) is 2.34. The fourth-order valence-electron chi connectivity index (χ4n) is 1.50. The lowest BCUT2D eigenvalue weighted by atomic mass is 10.2. The lowest BCUT2D eigenvalue weighted by Crippen LogP contribution is -2.32. The van der Waals surface area contributed by atoms with Gasteiger partial charge in [0, 0.05) is 0 Å². The molecule has 2 N–H and O–H groups in total. The van der Waals surface area contributed by atoms with Gasteiger partial charge in [0.1, 0.15) is 0 Å². The van der Waals surface area contributed by atoms with E-state index in [1.807, 2.05) is 0 Å². The lowest BCUT2D eigenvalue weighted by molar-refractivity contribution is 0.125. The van der Waals surface area contributed by atoms with E-state index in [0.29, 0.717) is 0 Å². The predicted octanol–water partition coefficient (Wildman–Crippen LogP) is 1.14. The van der Waals surface area contributed by atoms with Gasteiger partial charge in [0.05, 0.1) is 31.0 Å². The van der Waals surface area contributed by atoms with E-state index in [2.05, 4.69) is 5.32 Å². The normalized spacial score (nSPS) is 25.5. The molecular weight excluding hydrogens is 204 g/mol. The van der Waals surface area contributed by atoms with Gasteiger partial charge in [-0.1, -0.05) is 6.07 Å². The number of aliphatic hydroxyl groups is 1. The van der Waals surface area contributed by atoms with Crippen LogP contribution >= 0.6 is 0 Å². The van der Waals surface area contributed by atoms with Crippen molar-refractivity contribution in [2.45, 2.75) is 12.1 Å². The van der Waals surface area contributed by atoms with E-state index in [1.165, 1.54) is 12.1 Å². The maximum atomic E-state index is 13.2. The summed E-state index contributed by atoms with van der Waals surface area (Å²) in [6, 6.07) is 3.48. The Labute approximate surface area is 85.7 Å². The van der Waals surface area contributed by atoms with Crippen LogP contribution in [0.5, 0.6) is 0 Å².